The fraction of sp³-hybridized carbons (Fsp3) is 0.857. The fourth-order valence-electron chi connectivity index (χ4n) is 2.91. The molecule has 5 heteroatoms. The number of aliphatic carboxylic acids is 1. The number of carbonyl (C=O) groups excluding carboxylic acids is 1. The number of carbonyl (C=O) groups is 2. The molecule has 19 heavy (non-hydrogen) atoms. The minimum Gasteiger partial charge on any atom is -0.481 e. The quantitative estimate of drug-likeness (QED) is 0.767. The van der Waals surface area contributed by atoms with Gasteiger partial charge in [-0.2, -0.15) is 0 Å². The molecule has 1 saturated heterocycles. The van der Waals surface area contributed by atoms with Crippen LogP contribution in [-0.4, -0.2) is 46.6 Å². The Labute approximate surface area is 115 Å². The van der Waals surface area contributed by atoms with Gasteiger partial charge in [-0.05, 0) is 39.5 Å². The number of rotatable bonds is 6. The van der Waals surface area contributed by atoms with E-state index in [1.165, 1.54) is 0 Å². The lowest BCUT2D eigenvalue weighted by Crippen LogP contribution is -2.49. The zero-order valence-corrected chi connectivity index (χ0v) is 12.3. The molecule has 1 rings (SSSR count). The molecule has 1 fully saturated rings. The number of amides is 1. The van der Waals surface area contributed by atoms with Gasteiger partial charge in [-0.1, -0.05) is 6.92 Å². The van der Waals surface area contributed by atoms with Crippen LogP contribution in [0.25, 0.3) is 0 Å². The maximum absolute atomic E-state index is 12.1. The molecule has 0 saturated carbocycles. The number of hydrogen-bond acceptors (Lipinski definition) is 3. The molecular weight excluding hydrogens is 244 g/mol. The van der Waals surface area contributed by atoms with E-state index in [2.05, 4.69) is 24.1 Å². The zero-order valence-electron chi connectivity index (χ0n) is 12.3. The third-order valence-corrected chi connectivity index (χ3v) is 3.99. The Kier molecular flexibility index (Phi) is 5.79. The van der Waals surface area contributed by atoms with E-state index in [-0.39, 0.29) is 24.3 Å². The fourth-order valence-corrected chi connectivity index (χ4v) is 2.91. The average Bonchev–Trinajstić information content (AvgIpc) is 2.64. The van der Waals surface area contributed by atoms with Gasteiger partial charge in [0.1, 0.15) is 0 Å². The maximum atomic E-state index is 12.1. The second kappa shape index (κ2) is 6.89. The van der Waals surface area contributed by atoms with Crippen molar-refractivity contribution in [1.82, 2.24) is 10.2 Å². The molecule has 2 N–H and O–H groups in total. The molecule has 1 aliphatic rings. The lowest BCUT2D eigenvalue weighted by Gasteiger charge is -2.31. The minimum atomic E-state index is -0.823. The van der Waals surface area contributed by atoms with Crippen molar-refractivity contribution in [3.63, 3.8) is 0 Å². The van der Waals surface area contributed by atoms with Gasteiger partial charge >= 0.3 is 5.97 Å². The van der Waals surface area contributed by atoms with E-state index in [0.29, 0.717) is 18.6 Å². The molecular formula is C14H26N2O3. The van der Waals surface area contributed by atoms with E-state index in [9.17, 15) is 9.59 Å². The van der Waals surface area contributed by atoms with E-state index >= 15 is 0 Å². The zero-order chi connectivity index (χ0) is 14.6. The van der Waals surface area contributed by atoms with E-state index < -0.39 is 5.97 Å². The predicted molar refractivity (Wildman–Crippen MR) is 73.9 cm³/mol. The highest BCUT2D eigenvalue weighted by Gasteiger charge is 2.34. The molecule has 0 bridgehead atoms. The molecule has 1 aliphatic heterocycles. The molecule has 4 unspecified atom stereocenters. The van der Waals surface area contributed by atoms with Gasteiger partial charge in [-0.25, -0.2) is 0 Å². The van der Waals surface area contributed by atoms with Gasteiger partial charge in [0.25, 0.3) is 0 Å². The SMILES string of the molecule is CC(CNC(=O)C(C)N1C(C)CCC1C)CC(=O)O. The minimum absolute atomic E-state index is 0.00200. The number of nitrogens with zero attached hydrogens (tertiary/aromatic N) is 1. The Morgan fingerprint density at radius 3 is 2.26 bits per heavy atom. The van der Waals surface area contributed by atoms with E-state index in [1.54, 1.807) is 0 Å². The second-order valence-corrected chi connectivity index (χ2v) is 5.85. The van der Waals surface area contributed by atoms with Gasteiger partial charge in [-0.3, -0.25) is 14.5 Å². The summed E-state index contributed by atoms with van der Waals surface area (Å²) in [6.45, 7) is 8.49. The van der Waals surface area contributed by atoms with Crippen LogP contribution in [-0.2, 0) is 9.59 Å². The normalized spacial score (nSPS) is 26.9. The summed E-state index contributed by atoms with van der Waals surface area (Å²) in [4.78, 5) is 24.9. The Hall–Kier alpha value is -1.10. The summed E-state index contributed by atoms with van der Waals surface area (Å²) < 4.78 is 0. The Bertz CT molecular complexity index is 323. The lowest BCUT2D eigenvalue weighted by atomic mass is 10.1. The van der Waals surface area contributed by atoms with Crippen molar-refractivity contribution in [2.24, 2.45) is 5.92 Å². The van der Waals surface area contributed by atoms with Crippen LogP contribution in [0, 0.1) is 5.92 Å². The summed E-state index contributed by atoms with van der Waals surface area (Å²) in [5.74, 6) is -0.864. The Morgan fingerprint density at radius 2 is 1.79 bits per heavy atom. The molecule has 1 amide bonds. The average molecular weight is 270 g/mol. The maximum Gasteiger partial charge on any atom is 0.303 e. The predicted octanol–water partition coefficient (Wildman–Crippen LogP) is 1.47. The molecule has 5 nitrogen and oxygen atoms in total. The number of carboxylic acid groups (broad SMARTS) is 1. The monoisotopic (exact) mass is 270 g/mol. The van der Waals surface area contributed by atoms with Crippen molar-refractivity contribution < 1.29 is 14.7 Å². The Balaban J connectivity index is 2.42. The molecule has 1 heterocycles. The first-order valence-electron chi connectivity index (χ1n) is 7.09. The molecule has 0 aromatic rings. The van der Waals surface area contributed by atoms with Gasteiger partial charge in [0.15, 0.2) is 0 Å². The van der Waals surface area contributed by atoms with Crippen molar-refractivity contribution in [3.8, 4) is 0 Å². The summed E-state index contributed by atoms with van der Waals surface area (Å²) in [6, 6.07) is 0.726. The van der Waals surface area contributed by atoms with Crippen molar-refractivity contribution in [1.29, 1.82) is 0 Å². The van der Waals surface area contributed by atoms with Gasteiger partial charge in [0.05, 0.1) is 6.04 Å². The topological polar surface area (TPSA) is 69.6 Å². The van der Waals surface area contributed by atoms with Crippen molar-refractivity contribution in [2.45, 2.75) is 65.1 Å². The van der Waals surface area contributed by atoms with Gasteiger partial charge in [-0.15, -0.1) is 0 Å². The van der Waals surface area contributed by atoms with Crippen LogP contribution in [0.5, 0.6) is 0 Å². The van der Waals surface area contributed by atoms with E-state index in [1.807, 2.05) is 13.8 Å². The molecule has 4 atom stereocenters. The molecule has 0 aromatic carbocycles. The van der Waals surface area contributed by atoms with Crippen molar-refractivity contribution in [2.75, 3.05) is 6.54 Å². The smallest absolute Gasteiger partial charge is 0.303 e. The first-order valence-corrected chi connectivity index (χ1v) is 7.09. The van der Waals surface area contributed by atoms with E-state index in [0.717, 1.165) is 12.8 Å². The van der Waals surface area contributed by atoms with Crippen LogP contribution in [0.15, 0.2) is 0 Å². The number of hydrogen-bond donors (Lipinski definition) is 2. The largest absolute Gasteiger partial charge is 0.481 e. The molecule has 110 valence electrons. The van der Waals surface area contributed by atoms with Gasteiger partial charge in [0.2, 0.25) is 5.91 Å². The summed E-state index contributed by atoms with van der Waals surface area (Å²) in [5, 5.41) is 11.5. The van der Waals surface area contributed by atoms with Gasteiger partial charge in [0, 0.05) is 25.0 Å². The molecule has 0 radical (unpaired) electrons. The molecule has 0 spiro atoms. The first kappa shape index (κ1) is 16.0. The first-order chi connectivity index (χ1) is 8.82. The van der Waals surface area contributed by atoms with Crippen LogP contribution in [0.1, 0.15) is 47.0 Å². The van der Waals surface area contributed by atoms with Crippen molar-refractivity contribution in [3.05, 3.63) is 0 Å². The molecule has 0 aliphatic carbocycles. The third-order valence-electron chi connectivity index (χ3n) is 3.99. The highest BCUT2D eigenvalue weighted by Crippen LogP contribution is 2.25. The summed E-state index contributed by atoms with van der Waals surface area (Å²) in [5.41, 5.74) is 0. The number of carboxylic acids is 1. The van der Waals surface area contributed by atoms with Gasteiger partial charge < -0.3 is 10.4 Å². The summed E-state index contributed by atoms with van der Waals surface area (Å²) in [7, 11) is 0. The van der Waals surface area contributed by atoms with Crippen LogP contribution in [0.3, 0.4) is 0 Å². The van der Waals surface area contributed by atoms with Crippen LogP contribution >= 0.6 is 0 Å². The van der Waals surface area contributed by atoms with Crippen LogP contribution < -0.4 is 5.32 Å². The lowest BCUT2D eigenvalue weighted by molar-refractivity contribution is -0.138. The van der Waals surface area contributed by atoms with Crippen LogP contribution in [0.4, 0.5) is 0 Å². The highest BCUT2D eigenvalue weighted by molar-refractivity contribution is 5.81. The number of likely N-dealkylation sites (tertiary alicyclic amines) is 1. The molecule has 0 aromatic heterocycles. The summed E-state index contributed by atoms with van der Waals surface area (Å²) >= 11 is 0. The van der Waals surface area contributed by atoms with E-state index in [4.69, 9.17) is 5.11 Å². The third kappa shape index (κ3) is 4.49. The Morgan fingerprint density at radius 1 is 1.26 bits per heavy atom. The second-order valence-electron chi connectivity index (χ2n) is 5.85. The highest BCUT2D eigenvalue weighted by atomic mass is 16.4. The number of nitrogens with one attached hydrogen (secondary N) is 1. The summed E-state index contributed by atoms with van der Waals surface area (Å²) in [6.07, 6.45) is 2.35. The van der Waals surface area contributed by atoms with Crippen molar-refractivity contribution >= 4 is 11.9 Å². The van der Waals surface area contributed by atoms with Crippen LogP contribution in [0.2, 0.25) is 0 Å². The standard InChI is InChI=1S/C14H26N2O3/c1-9(7-13(17)18)8-15-14(19)12(4)16-10(2)5-6-11(16)3/h9-12H,5-8H2,1-4H3,(H,15,19)(H,17,18).